The fourth-order valence-electron chi connectivity index (χ4n) is 3.42. The summed E-state index contributed by atoms with van der Waals surface area (Å²) in [5, 5.41) is 0. The number of allylic oxidation sites excluding steroid dienone is 1. The van der Waals surface area contributed by atoms with Crippen molar-refractivity contribution in [3.8, 4) is 0 Å². The van der Waals surface area contributed by atoms with Crippen LogP contribution in [0.5, 0.6) is 0 Å². The van der Waals surface area contributed by atoms with E-state index >= 15 is 0 Å². The largest absolute Gasteiger partial charge is 0.216 e. The van der Waals surface area contributed by atoms with Crippen molar-refractivity contribution < 1.29 is 8.78 Å². The molecule has 0 unspecified atom stereocenters. The molecule has 1 aromatic carbocycles. The van der Waals surface area contributed by atoms with Gasteiger partial charge in [0, 0.05) is 0 Å². The molecule has 0 saturated heterocycles. The summed E-state index contributed by atoms with van der Waals surface area (Å²) >= 11 is 0. The Labute approximate surface area is 127 Å². The molecule has 1 saturated carbocycles. The molecular formula is C19H26F2. The van der Waals surface area contributed by atoms with Gasteiger partial charge in [0.25, 0.3) is 0 Å². The van der Waals surface area contributed by atoms with Crippen LogP contribution in [0.1, 0.15) is 56.9 Å². The third-order valence-corrected chi connectivity index (χ3v) is 4.79. The Morgan fingerprint density at radius 2 is 1.57 bits per heavy atom. The summed E-state index contributed by atoms with van der Waals surface area (Å²) in [7, 11) is 0. The number of benzene rings is 1. The van der Waals surface area contributed by atoms with Gasteiger partial charge in [-0.2, -0.15) is 0 Å². The summed E-state index contributed by atoms with van der Waals surface area (Å²) in [5.74, 6) is 1.53. The van der Waals surface area contributed by atoms with Crippen LogP contribution in [0.15, 0.2) is 36.7 Å². The Hall–Kier alpha value is -1.18. The van der Waals surface area contributed by atoms with E-state index in [-0.39, 0.29) is 5.82 Å². The fraction of sp³-hybridized carbons (Fsp3) is 0.579. The maximum Gasteiger partial charge on any atom is 0.123 e. The molecule has 0 bridgehead atoms. The lowest BCUT2D eigenvalue weighted by atomic mass is 9.78. The predicted octanol–water partition coefficient (Wildman–Crippen LogP) is 6.22. The second kappa shape index (κ2) is 8.96. The molecule has 0 amide bonds. The lowest BCUT2D eigenvalue weighted by molar-refractivity contribution is 0.250. The van der Waals surface area contributed by atoms with Crippen LogP contribution in [-0.2, 0) is 6.42 Å². The molecule has 0 aromatic heterocycles. The van der Waals surface area contributed by atoms with E-state index < -0.39 is 0 Å². The SMILES string of the molecule is FC=CCCC[C@H]1CC[C@H](CCc2ccc(F)cc2)CC1. The molecule has 0 aliphatic heterocycles. The van der Waals surface area contributed by atoms with E-state index in [1.807, 2.05) is 12.1 Å². The highest BCUT2D eigenvalue weighted by atomic mass is 19.1. The van der Waals surface area contributed by atoms with E-state index in [1.54, 1.807) is 18.2 Å². The summed E-state index contributed by atoms with van der Waals surface area (Å²) in [6.07, 6.45) is 13.1. The molecule has 2 rings (SSSR count). The van der Waals surface area contributed by atoms with Crippen LogP contribution in [0.4, 0.5) is 8.78 Å². The number of hydrogen-bond donors (Lipinski definition) is 0. The van der Waals surface area contributed by atoms with E-state index in [2.05, 4.69) is 0 Å². The van der Waals surface area contributed by atoms with Gasteiger partial charge in [-0.15, -0.1) is 0 Å². The molecular weight excluding hydrogens is 266 g/mol. The minimum Gasteiger partial charge on any atom is -0.216 e. The molecule has 21 heavy (non-hydrogen) atoms. The molecule has 1 aliphatic carbocycles. The van der Waals surface area contributed by atoms with Gasteiger partial charge in [0.15, 0.2) is 0 Å². The van der Waals surface area contributed by atoms with Gasteiger partial charge in [-0.05, 0) is 55.2 Å². The Bertz CT molecular complexity index is 414. The standard InChI is InChI=1S/C19H26F2/c20-15-3-1-2-4-16-5-7-17(8-6-16)9-10-18-11-13-19(21)14-12-18/h3,11-17H,1-2,4-10H2/t16-,17-. The average Bonchev–Trinajstić information content (AvgIpc) is 2.52. The summed E-state index contributed by atoms with van der Waals surface area (Å²) < 4.78 is 24.7. The topological polar surface area (TPSA) is 0 Å². The van der Waals surface area contributed by atoms with Crippen LogP contribution in [0, 0.1) is 17.7 Å². The van der Waals surface area contributed by atoms with Crippen molar-refractivity contribution in [3.63, 3.8) is 0 Å². The van der Waals surface area contributed by atoms with Crippen molar-refractivity contribution in [2.75, 3.05) is 0 Å². The minimum atomic E-state index is -0.151. The molecule has 1 fully saturated rings. The highest BCUT2D eigenvalue weighted by Crippen LogP contribution is 2.34. The predicted molar refractivity (Wildman–Crippen MR) is 84.3 cm³/mol. The van der Waals surface area contributed by atoms with Crippen LogP contribution in [0.25, 0.3) is 0 Å². The molecule has 0 radical (unpaired) electrons. The van der Waals surface area contributed by atoms with Crippen molar-refractivity contribution in [2.45, 2.75) is 57.8 Å². The second-order valence-electron chi connectivity index (χ2n) is 6.34. The van der Waals surface area contributed by atoms with Gasteiger partial charge in [0.05, 0.1) is 6.33 Å². The zero-order valence-corrected chi connectivity index (χ0v) is 12.7. The smallest absolute Gasteiger partial charge is 0.123 e. The Balaban J connectivity index is 1.61. The first-order valence-electron chi connectivity index (χ1n) is 8.27. The summed E-state index contributed by atoms with van der Waals surface area (Å²) in [4.78, 5) is 0. The first kappa shape index (κ1) is 16.2. The molecule has 1 aliphatic rings. The van der Waals surface area contributed by atoms with Gasteiger partial charge in [-0.1, -0.05) is 50.3 Å². The van der Waals surface area contributed by atoms with Crippen molar-refractivity contribution in [1.29, 1.82) is 0 Å². The Morgan fingerprint density at radius 1 is 0.952 bits per heavy atom. The van der Waals surface area contributed by atoms with Crippen molar-refractivity contribution >= 4 is 0 Å². The number of rotatable bonds is 7. The summed E-state index contributed by atoms with van der Waals surface area (Å²) in [6, 6.07) is 6.91. The molecule has 0 atom stereocenters. The van der Waals surface area contributed by atoms with Crippen LogP contribution in [-0.4, -0.2) is 0 Å². The van der Waals surface area contributed by atoms with Crippen LogP contribution in [0.2, 0.25) is 0 Å². The van der Waals surface area contributed by atoms with Gasteiger partial charge >= 0.3 is 0 Å². The molecule has 0 nitrogen and oxygen atoms in total. The summed E-state index contributed by atoms with van der Waals surface area (Å²) in [6.45, 7) is 0. The lowest BCUT2D eigenvalue weighted by Gasteiger charge is -2.28. The summed E-state index contributed by atoms with van der Waals surface area (Å²) in [5.41, 5.74) is 1.25. The first-order chi connectivity index (χ1) is 10.3. The third kappa shape index (κ3) is 5.99. The highest BCUT2D eigenvalue weighted by Gasteiger charge is 2.20. The molecule has 0 heterocycles. The van der Waals surface area contributed by atoms with Gasteiger partial charge in [-0.25, -0.2) is 8.78 Å². The monoisotopic (exact) mass is 292 g/mol. The van der Waals surface area contributed by atoms with Crippen LogP contribution < -0.4 is 0 Å². The molecule has 2 heteroatoms. The van der Waals surface area contributed by atoms with Crippen molar-refractivity contribution in [1.82, 2.24) is 0 Å². The maximum atomic E-state index is 12.8. The molecule has 116 valence electrons. The lowest BCUT2D eigenvalue weighted by Crippen LogP contribution is -2.15. The molecule has 1 aromatic rings. The quantitative estimate of drug-likeness (QED) is 0.523. The van der Waals surface area contributed by atoms with E-state index in [0.717, 1.165) is 31.1 Å². The van der Waals surface area contributed by atoms with E-state index in [0.29, 0.717) is 6.33 Å². The van der Waals surface area contributed by atoms with Gasteiger partial charge < -0.3 is 0 Å². The zero-order valence-electron chi connectivity index (χ0n) is 12.7. The third-order valence-electron chi connectivity index (χ3n) is 4.79. The molecule has 0 spiro atoms. The van der Waals surface area contributed by atoms with Crippen LogP contribution in [0.3, 0.4) is 0 Å². The Morgan fingerprint density at radius 3 is 2.19 bits per heavy atom. The maximum absolute atomic E-state index is 12.8. The highest BCUT2D eigenvalue weighted by molar-refractivity contribution is 5.16. The van der Waals surface area contributed by atoms with E-state index in [9.17, 15) is 8.78 Å². The number of aryl methyl sites for hydroxylation is 1. The Kier molecular flexibility index (Phi) is 6.91. The number of halogens is 2. The van der Waals surface area contributed by atoms with Gasteiger partial charge in [0.2, 0.25) is 0 Å². The average molecular weight is 292 g/mol. The number of unbranched alkanes of at least 4 members (excludes halogenated alkanes) is 1. The van der Waals surface area contributed by atoms with Gasteiger partial charge in [-0.3, -0.25) is 0 Å². The second-order valence-corrected chi connectivity index (χ2v) is 6.34. The zero-order chi connectivity index (χ0) is 14.9. The number of hydrogen-bond acceptors (Lipinski definition) is 0. The van der Waals surface area contributed by atoms with Crippen molar-refractivity contribution in [2.24, 2.45) is 11.8 Å². The minimum absolute atomic E-state index is 0.151. The normalized spacial score (nSPS) is 22.8. The van der Waals surface area contributed by atoms with Crippen molar-refractivity contribution in [3.05, 3.63) is 48.1 Å². The molecule has 0 N–H and O–H groups in total. The van der Waals surface area contributed by atoms with E-state index in [4.69, 9.17) is 0 Å². The van der Waals surface area contributed by atoms with E-state index in [1.165, 1.54) is 44.1 Å². The fourth-order valence-corrected chi connectivity index (χ4v) is 3.42. The first-order valence-corrected chi connectivity index (χ1v) is 8.27. The van der Waals surface area contributed by atoms with Gasteiger partial charge in [0.1, 0.15) is 5.82 Å². The van der Waals surface area contributed by atoms with Crippen LogP contribution >= 0.6 is 0 Å².